The zero-order valence-electron chi connectivity index (χ0n) is 14.9. The van der Waals surface area contributed by atoms with Crippen molar-refractivity contribution in [1.29, 1.82) is 0 Å². The Balaban J connectivity index is 1.93. The molecule has 2 aromatic rings. The fourth-order valence-corrected chi connectivity index (χ4v) is 4.68. The van der Waals surface area contributed by atoms with Crippen LogP contribution in [0.4, 0.5) is 5.69 Å². The molecule has 1 heterocycles. The average Bonchev–Trinajstić information content (AvgIpc) is 3.19. The number of ether oxygens (including phenoxy) is 1. The van der Waals surface area contributed by atoms with Crippen molar-refractivity contribution < 1.29 is 17.9 Å². The second-order valence-electron chi connectivity index (χ2n) is 6.17. The van der Waals surface area contributed by atoms with Crippen LogP contribution < -0.4 is 10.1 Å². The molecule has 1 fully saturated rings. The summed E-state index contributed by atoms with van der Waals surface area (Å²) in [6.07, 6.45) is 1.71. The second-order valence-corrected chi connectivity index (χ2v) is 8.54. The topological polar surface area (TPSA) is 75.7 Å². The summed E-state index contributed by atoms with van der Waals surface area (Å²) in [6, 6.07) is 11.0. The zero-order valence-corrected chi connectivity index (χ0v) is 16.5. The van der Waals surface area contributed by atoms with Crippen molar-refractivity contribution in [3.8, 4) is 5.75 Å². The van der Waals surface area contributed by atoms with Crippen LogP contribution in [0.2, 0.25) is 5.02 Å². The van der Waals surface area contributed by atoms with E-state index in [0.717, 1.165) is 12.8 Å². The first-order valence-corrected chi connectivity index (χ1v) is 10.6. The third-order valence-electron chi connectivity index (χ3n) is 4.29. The molecule has 8 heteroatoms. The van der Waals surface area contributed by atoms with Crippen LogP contribution in [0.3, 0.4) is 0 Å². The van der Waals surface area contributed by atoms with Crippen LogP contribution in [0, 0.1) is 0 Å². The number of halogens is 1. The molecule has 1 saturated heterocycles. The third-order valence-corrected chi connectivity index (χ3v) is 6.42. The summed E-state index contributed by atoms with van der Waals surface area (Å²) >= 11 is 5.94. The highest BCUT2D eigenvalue weighted by molar-refractivity contribution is 7.89. The summed E-state index contributed by atoms with van der Waals surface area (Å²) in [5.74, 6) is 0.0161. The molecule has 0 unspecified atom stereocenters. The van der Waals surface area contributed by atoms with E-state index in [2.05, 4.69) is 5.32 Å². The van der Waals surface area contributed by atoms with Crippen LogP contribution in [0.5, 0.6) is 5.75 Å². The van der Waals surface area contributed by atoms with Crippen molar-refractivity contribution in [1.82, 2.24) is 4.31 Å². The van der Waals surface area contributed by atoms with Gasteiger partial charge < -0.3 is 10.1 Å². The predicted molar refractivity (Wildman–Crippen MR) is 105 cm³/mol. The van der Waals surface area contributed by atoms with Gasteiger partial charge in [-0.15, -0.1) is 0 Å². The summed E-state index contributed by atoms with van der Waals surface area (Å²) in [4.78, 5) is 12.7. The first kappa shape index (κ1) is 19.7. The van der Waals surface area contributed by atoms with Gasteiger partial charge in [0.2, 0.25) is 10.0 Å². The van der Waals surface area contributed by atoms with Crippen molar-refractivity contribution in [2.24, 2.45) is 0 Å². The molecule has 1 aliphatic heterocycles. The van der Waals surface area contributed by atoms with E-state index in [1.54, 1.807) is 30.3 Å². The Kier molecular flexibility index (Phi) is 6.04. The van der Waals surface area contributed by atoms with Crippen LogP contribution in [-0.4, -0.2) is 38.3 Å². The van der Waals surface area contributed by atoms with Crippen LogP contribution in [-0.2, 0) is 10.0 Å². The molecule has 2 aromatic carbocycles. The molecule has 144 valence electrons. The minimum Gasteiger partial charge on any atom is -0.492 e. The minimum absolute atomic E-state index is 0.134. The largest absolute Gasteiger partial charge is 0.492 e. The van der Waals surface area contributed by atoms with Gasteiger partial charge in [-0.3, -0.25) is 4.79 Å². The van der Waals surface area contributed by atoms with Gasteiger partial charge in [-0.1, -0.05) is 17.7 Å². The van der Waals surface area contributed by atoms with Crippen molar-refractivity contribution >= 4 is 33.2 Å². The Morgan fingerprint density at radius 3 is 2.59 bits per heavy atom. The lowest BCUT2D eigenvalue weighted by Crippen LogP contribution is -2.28. The molecule has 1 N–H and O–H groups in total. The van der Waals surface area contributed by atoms with Gasteiger partial charge in [0.25, 0.3) is 5.91 Å². The van der Waals surface area contributed by atoms with Gasteiger partial charge in [-0.25, -0.2) is 8.42 Å². The van der Waals surface area contributed by atoms with Gasteiger partial charge >= 0.3 is 0 Å². The first-order chi connectivity index (χ1) is 12.9. The number of nitrogens with zero attached hydrogens (tertiary/aromatic N) is 1. The molecule has 6 nitrogen and oxygen atoms in total. The Hall–Kier alpha value is -2.09. The van der Waals surface area contributed by atoms with E-state index in [1.165, 1.54) is 16.4 Å². The molecule has 1 amide bonds. The molecule has 1 aliphatic rings. The van der Waals surface area contributed by atoms with Gasteiger partial charge in [0.1, 0.15) is 5.75 Å². The van der Waals surface area contributed by atoms with Crippen molar-refractivity contribution in [2.45, 2.75) is 24.7 Å². The molecule has 0 atom stereocenters. The van der Waals surface area contributed by atoms with Gasteiger partial charge in [0.15, 0.2) is 0 Å². The molecule has 0 radical (unpaired) electrons. The number of carbonyl (C=O) groups is 1. The number of anilines is 1. The number of carbonyl (C=O) groups excluding carboxylic acids is 1. The standard InChI is InChI=1S/C19H21ClN2O4S/c1-2-26-18-9-8-16(27(24,25)22-10-3-4-11-22)13-17(18)21-19(23)14-6-5-7-15(20)12-14/h5-9,12-13H,2-4,10-11H2,1H3,(H,21,23). The lowest BCUT2D eigenvalue weighted by atomic mass is 10.2. The minimum atomic E-state index is -3.59. The molecule has 0 aliphatic carbocycles. The van der Waals surface area contributed by atoms with Gasteiger partial charge in [0, 0.05) is 23.7 Å². The van der Waals surface area contributed by atoms with Crippen LogP contribution >= 0.6 is 11.6 Å². The van der Waals surface area contributed by atoms with Gasteiger partial charge in [-0.2, -0.15) is 4.31 Å². The Morgan fingerprint density at radius 2 is 1.93 bits per heavy atom. The number of sulfonamides is 1. The van der Waals surface area contributed by atoms with Crippen LogP contribution in [0.15, 0.2) is 47.4 Å². The highest BCUT2D eigenvalue weighted by Crippen LogP contribution is 2.31. The fraction of sp³-hybridized carbons (Fsp3) is 0.316. The highest BCUT2D eigenvalue weighted by Gasteiger charge is 2.28. The van der Waals surface area contributed by atoms with Gasteiger partial charge in [0.05, 0.1) is 17.2 Å². The Morgan fingerprint density at radius 1 is 1.19 bits per heavy atom. The van der Waals surface area contributed by atoms with Crippen molar-refractivity contribution in [2.75, 3.05) is 25.0 Å². The number of rotatable bonds is 6. The molecule has 0 aromatic heterocycles. The van der Waals surface area contributed by atoms with E-state index in [4.69, 9.17) is 16.3 Å². The number of hydrogen-bond acceptors (Lipinski definition) is 4. The van der Waals surface area contributed by atoms with E-state index in [1.807, 2.05) is 6.92 Å². The Bertz CT molecular complexity index is 940. The number of amides is 1. The Labute approximate surface area is 164 Å². The lowest BCUT2D eigenvalue weighted by Gasteiger charge is -2.18. The van der Waals surface area contributed by atoms with E-state index >= 15 is 0 Å². The quantitative estimate of drug-likeness (QED) is 0.789. The SMILES string of the molecule is CCOc1ccc(S(=O)(=O)N2CCCC2)cc1NC(=O)c1cccc(Cl)c1. The molecule has 0 bridgehead atoms. The van der Waals surface area contributed by atoms with Gasteiger partial charge in [-0.05, 0) is 56.2 Å². The van der Waals surface area contributed by atoms with E-state index in [0.29, 0.717) is 41.7 Å². The van der Waals surface area contributed by atoms with Crippen molar-refractivity contribution in [3.05, 3.63) is 53.1 Å². The number of benzene rings is 2. The third kappa shape index (κ3) is 4.43. The summed E-state index contributed by atoms with van der Waals surface area (Å²) in [7, 11) is -3.59. The normalized spacial score (nSPS) is 14.9. The smallest absolute Gasteiger partial charge is 0.255 e. The average molecular weight is 409 g/mol. The molecular formula is C19H21ClN2O4S. The van der Waals surface area contributed by atoms with Crippen LogP contribution in [0.1, 0.15) is 30.1 Å². The summed E-state index contributed by atoms with van der Waals surface area (Å²) in [5.41, 5.74) is 0.680. The first-order valence-electron chi connectivity index (χ1n) is 8.75. The summed E-state index contributed by atoms with van der Waals surface area (Å²) in [5, 5.41) is 3.18. The second kappa shape index (κ2) is 8.29. The summed E-state index contributed by atoms with van der Waals surface area (Å²) < 4.78 is 32.6. The maximum absolute atomic E-state index is 12.8. The fourth-order valence-electron chi connectivity index (χ4n) is 2.95. The highest BCUT2D eigenvalue weighted by atomic mass is 35.5. The maximum Gasteiger partial charge on any atom is 0.255 e. The van der Waals surface area contributed by atoms with E-state index < -0.39 is 15.9 Å². The molecule has 0 saturated carbocycles. The number of nitrogens with one attached hydrogen (secondary N) is 1. The molecule has 0 spiro atoms. The van der Waals surface area contributed by atoms with Crippen LogP contribution in [0.25, 0.3) is 0 Å². The predicted octanol–water partition coefficient (Wildman–Crippen LogP) is 3.78. The number of hydrogen-bond donors (Lipinski definition) is 1. The zero-order chi connectivity index (χ0) is 19.4. The van der Waals surface area contributed by atoms with E-state index in [-0.39, 0.29) is 4.90 Å². The molecular weight excluding hydrogens is 388 g/mol. The summed E-state index contributed by atoms with van der Waals surface area (Å²) in [6.45, 7) is 3.23. The maximum atomic E-state index is 12.8. The molecule has 3 rings (SSSR count). The van der Waals surface area contributed by atoms with E-state index in [9.17, 15) is 13.2 Å². The monoisotopic (exact) mass is 408 g/mol. The lowest BCUT2D eigenvalue weighted by molar-refractivity contribution is 0.102. The van der Waals surface area contributed by atoms with Crippen molar-refractivity contribution in [3.63, 3.8) is 0 Å². The molecule has 27 heavy (non-hydrogen) atoms.